The van der Waals surface area contributed by atoms with Gasteiger partial charge in [-0.25, -0.2) is 9.50 Å². The molecule has 86 valence electrons. The Balaban J connectivity index is 2.02. The molecule has 0 atom stereocenters. The minimum Gasteiger partial charge on any atom is -0.469 e. The summed E-state index contributed by atoms with van der Waals surface area (Å²) in [7, 11) is 0. The number of pyridine rings is 1. The van der Waals surface area contributed by atoms with E-state index in [4.69, 9.17) is 10.2 Å². The van der Waals surface area contributed by atoms with Gasteiger partial charge in [0.05, 0.1) is 18.4 Å². The van der Waals surface area contributed by atoms with Crippen molar-refractivity contribution in [1.82, 2.24) is 14.6 Å². The number of aromatic nitrogens is 3. The van der Waals surface area contributed by atoms with Crippen molar-refractivity contribution in [2.45, 2.75) is 13.0 Å². The lowest BCUT2D eigenvalue weighted by molar-refractivity contribution is 0.517. The van der Waals surface area contributed by atoms with E-state index in [1.165, 1.54) is 0 Å². The van der Waals surface area contributed by atoms with Crippen molar-refractivity contribution in [2.24, 2.45) is 5.73 Å². The quantitative estimate of drug-likeness (QED) is 0.735. The van der Waals surface area contributed by atoms with Crippen molar-refractivity contribution in [3.8, 4) is 0 Å². The summed E-state index contributed by atoms with van der Waals surface area (Å²) in [5.74, 6) is 1.59. The summed E-state index contributed by atoms with van der Waals surface area (Å²) in [6.45, 7) is 0.445. The SMILES string of the molecule is NCc1cccc2nc(Cc3ccco3)nn12. The van der Waals surface area contributed by atoms with Gasteiger partial charge < -0.3 is 10.2 Å². The Morgan fingerprint density at radius 1 is 1.24 bits per heavy atom. The lowest BCUT2D eigenvalue weighted by atomic mass is 10.3. The maximum Gasteiger partial charge on any atom is 0.159 e. The zero-order valence-corrected chi connectivity index (χ0v) is 9.21. The third-order valence-corrected chi connectivity index (χ3v) is 2.60. The van der Waals surface area contributed by atoms with Gasteiger partial charge in [0.15, 0.2) is 11.5 Å². The van der Waals surface area contributed by atoms with E-state index < -0.39 is 0 Å². The van der Waals surface area contributed by atoms with E-state index in [-0.39, 0.29) is 0 Å². The number of hydrogen-bond donors (Lipinski definition) is 1. The van der Waals surface area contributed by atoms with Gasteiger partial charge in [-0.05, 0) is 24.3 Å². The summed E-state index contributed by atoms with van der Waals surface area (Å²) < 4.78 is 7.05. The fourth-order valence-corrected chi connectivity index (χ4v) is 1.80. The van der Waals surface area contributed by atoms with Crippen LogP contribution in [0.1, 0.15) is 17.3 Å². The van der Waals surface area contributed by atoms with Crippen molar-refractivity contribution in [3.05, 3.63) is 53.9 Å². The number of fused-ring (bicyclic) bond motifs is 1. The molecule has 0 spiro atoms. The van der Waals surface area contributed by atoms with Crippen LogP contribution < -0.4 is 5.73 Å². The zero-order valence-electron chi connectivity index (χ0n) is 9.21. The first-order chi connectivity index (χ1) is 8.36. The predicted molar refractivity (Wildman–Crippen MR) is 62.4 cm³/mol. The van der Waals surface area contributed by atoms with Gasteiger partial charge >= 0.3 is 0 Å². The maximum atomic E-state index is 5.65. The second kappa shape index (κ2) is 4.03. The average Bonchev–Trinajstić information content (AvgIpc) is 2.97. The molecule has 5 nitrogen and oxygen atoms in total. The summed E-state index contributed by atoms with van der Waals surface area (Å²) in [5, 5.41) is 4.42. The summed E-state index contributed by atoms with van der Waals surface area (Å²) >= 11 is 0. The Labute approximate surface area is 97.9 Å². The second-order valence-corrected chi connectivity index (χ2v) is 3.78. The maximum absolute atomic E-state index is 5.65. The number of furan rings is 1. The van der Waals surface area contributed by atoms with Crippen molar-refractivity contribution < 1.29 is 4.42 Å². The molecule has 0 bridgehead atoms. The van der Waals surface area contributed by atoms with Gasteiger partial charge in [-0.1, -0.05) is 6.07 Å². The lowest BCUT2D eigenvalue weighted by Gasteiger charge is -1.98. The van der Waals surface area contributed by atoms with E-state index in [0.717, 1.165) is 22.9 Å². The molecule has 2 N–H and O–H groups in total. The summed E-state index contributed by atoms with van der Waals surface area (Å²) in [6, 6.07) is 9.56. The lowest BCUT2D eigenvalue weighted by Crippen LogP contribution is -2.04. The van der Waals surface area contributed by atoms with Crippen LogP contribution in [0.2, 0.25) is 0 Å². The number of rotatable bonds is 3. The molecule has 0 aliphatic carbocycles. The Hall–Kier alpha value is -2.14. The van der Waals surface area contributed by atoms with Crippen LogP contribution in [0.15, 0.2) is 41.0 Å². The molecule has 0 unspecified atom stereocenters. The highest BCUT2D eigenvalue weighted by Crippen LogP contribution is 2.10. The first kappa shape index (κ1) is 10.0. The molecule has 3 rings (SSSR count). The third kappa shape index (κ3) is 1.81. The monoisotopic (exact) mass is 228 g/mol. The first-order valence-electron chi connectivity index (χ1n) is 5.43. The van der Waals surface area contributed by atoms with Gasteiger partial charge in [-0.3, -0.25) is 0 Å². The van der Waals surface area contributed by atoms with Crippen LogP contribution in [0.5, 0.6) is 0 Å². The standard InChI is InChI=1S/C12H12N4O/c13-8-9-3-1-5-12-14-11(15-16(9)12)7-10-4-2-6-17-10/h1-6H,7-8,13H2. The van der Waals surface area contributed by atoms with Crippen LogP contribution in [0.4, 0.5) is 0 Å². The average molecular weight is 228 g/mol. The number of nitrogens with two attached hydrogens (primary N) is 1. The Kier molecular flexibility index (Phi) is 2.38. The minimum atomic E-state index is 0.445. The van der Waals surface area contributed by atoms with Crippen molar-refractivity contribution >= 4 is 5.65 Å². The van der Waals surface area contributed by atoms with Gasteiger partial charge in [0.2, 0.25) is 0 Å². The van der Waals surface area contributed by atoms with Gasteiger partial charge in [-0.2, -0.15) is 5.10 Å². The third-order valence-electron chi connectivity index (χ3n) is 2.60. The molecular weight excluding hydrogens is 216 g/mol. The van der Waals surface area contributed by atoms with E-state index in [0.29, 0.717) is 13.0 Å². The molecule has 17 heavy (non-hydrogen) atoms. The molecule has 3 aromatic rings. The largest absolute Gasteiger partial charge is 0.469 e. The van der Waals surface area contributed by atoms with Crippen LogP contribution in [-0.2, 0) is 13.0 Å². The fraction of sp³-hybridized carbons (Fsp3) is 0.167. The molecule has 0 saturated carbocycles. The Bertz CT molecular complexity index is 627. The van der Waals surface area contributed by atoms with Gasteiger partial charge in [0.25, 0.3) is 0 Å². The van der Waals surface area contributed by atoms with E-state index in [1.54, 1.807) is 10.8 Å². The van der Waals surface area contributed by atoms with Crippen molar-refractivity contribution in [1.29, 1.82) is 0 Å². The van der Waals surface area contributed by atoms with E-state index in [2.05, 4.69) is 10.1 Å². The van der Waals surface area contributed by atoms with Crippen molar-refractivity contribution in [3.63, 3.8) is 0 Å². The predicted octanol–water partition coefficient (Wildman–Crippen LogP) is 1.37. The highest BCUT2D eigenvalue weighted by molar-refractivity contribution is 5.39. The Morgan fingerprint density at radius 3 is 2.94 bits per heavy atom. The molecule has 0 aliphatic heterocycles. The van der Waals surface area contributed by atoms with Crippen LogP contribution in [0.25, 0.3) is 5.65 Å². The van der Waals surface area contributed by atoms with Gasteiger partial charge in [-0.15, -0.1) is 0 Å². The molecule has 0 fully saturated rings. The summed E-state index contributed by atoms with van der Waals surface area (Å²) in [6.07, 6.45) is 2.25. The van der Waals surface area contributed by atoms with E-state index >= 15 is 0 Å². The zero-order chi connectivity index (χ0) is 11.7. The molecule has 0 aliphatic rings. The molecule has 0 saturated heterocycles. The first-order valence-corrected chi connectivity index (χ1v) is 5.43. The molecule has 0 amide bonds. The molecule has 0 radical (unpaired) electrons. The molecule has 3 heterocycles. The van der Waals surface area contributed by atoms with Crippen LogP contribution in [0, 0.1) is 0 Å². The topological polar surface area (TPSA) is 69.3 Å². The fourth-order valence-electron chi connectivity index (χ4n) is 1.80. The van der Waals surface area contributed by atoms with E-state index in [9.17, 15) is 0 Å². The van der Waals surface area contributed by atoms with E-state index in [1.807, 2.05) is 30.3 Å². The summed E-state index contributed by atoms with van der Waals surface area (Å²) in [4.78, 5) is 4.43. The van der Waals surface area contributed by atoms with Crippen molar-refractivity contribution in [2.75, 3.05) is 0 Å². The molecule has 3 aromatic heterocycles. The minimum absolute atomic E-state index is 0.445. The molecule has 0 aromatic carbocycles. The van der Waals surface area contributed by atoms with Crippen LogP contribution in [-0.4, -0.2) is 14.6 Å². The summed E-state index contributed by atoms with van der Waals surface area (Å²) in [5.41, 5.74) is 7.41. The number of nitrogens with zero attached hydrogens (tertiary/aromatic N) is 3. The van der Waals surface area contributed by atoms with Crippen LogP contribution >= 0.6 is 0 Å². The second-order valence-electron chi connectivity index (χ2n) is 3.78. The number of hydrogen-bond acceptors (Lipinski definition) is 4. The highest BCUT2D eigenvalue weighted by Gasteiger charge is 2.08. The normalized spacial score (nSPS) is 11.1. The Morgan fingerprint density at radius 2 is 2.18 bits per heavy atom. The molecular formula is C12H12N4O. The van der Waals surface area contributed by atoms with Crippen LogP contribution in [0.3, 0.4) is 0 Å². The van der Waals surface area contributed by atoms with Gasteiger partial charge in [0, 0.05) is 6.54 Å². The van der Waals surface area contributed by atoms with Gasteiger partial charge in [0.1, 0.15) is 5.76 Å². The molecule has 5 heteroatoms. The smallest absolute Gasteiger partial charge is 0.159 e. The highest BCUT2D eigenvalue weighted by atomic mass is 16.3.